The van der Waals surface area contributed by atoms with Gasteiger partial charge in [-0.3, -0.25) is 4.90 Å². The highest BCUT2D eigenvalue weighted by Crippen LogP contribution is 2.14. The van der Waals surface area contributed by atoms with Crippen LogP contribution in [0.3, 0.4) is 0 Å². The second-order valence-electron chi connectivity index (χ2n) is 4.82. The van der Waals surface area contributed by atoms with Crippen LogP contribution >= 0.6 is 0 Å². The fourth-order valence-corrected chi connectivity index (χ4v) is 2.42. The van der Waals surface area contributed by atoms with Crippen LogP contribution in [0.15, 0.2) is 11.3 Å². The van der Waals surface area contributed by atoms with Crippen molar-refractivity contribution in [3.63, 3.8) is 0 Å². The Labute approximate surface area is 113 Å². The van der Waals surface area contributed by atoms with Crippen LogP contribution < -0.4 is 10.6 Å². The first-order valence-electron chi connectivity index (χ1n) is 6.87. The van der Waals surface area contributed by atoms with E-state index < -0.39 is 0 Å². The van der Waals surface area contributed by atoms with Gasteiger partial charge in [0.2, 0.25) is 0 Å². The Bertz CT molecular complexity index is 387. The maximum absolute atomic E-state index is 11.9. The van der Waals surface area contributed by atoms with Gasteiger partial charge in [0.25, 0.3) is 0 Å². The van der Waals surface area contributed by atoms with Crippen LogP contribution in [-0.2, 0) is 9.53 Å². The number of likely N-dealkylation sites (tertiary alicyclic amines) is 1. The fourth-order valence-electron chi connectivity index (χ4n) is 2.42. The van der Waals surface area contributed by atoms with Crippen molar-refractivity contribution in [1.82, 2.24) is 15.5 Å². The minimum absolute atomic E-state index is 0.244. The molecule has 2 heterocycles. The Hall–Kier alpha value is -1.56. The van der Waals surface area contributed by atoms with E-state index in [1.54, 1.807) is 6.92 Å². The molecule has 1 saturated heterocycles. The summed E-state index contributed by atoms with van der Waals surface area (Å²) in [6.45, 7) is 5.01. The first kappa shape index (κ1) is 13.9. The SMILES string of the molecule is CCOC(=O)C1=C(CN2CCCCC2)NC(=O)NC1. The number of hydrogen-bond acceptors (Lipinski definition) is 4. The Morgan fingerprint density at radius 2 is 2.05 bits per heavy atom. The molecule has 0 aromatic carbocycles. The second-order valence-corrected chi connectivity index (χ2v) is 4.82. The summed E-state index contributed by atoms with van der Waals surface area (Å²) >= 11 is 0. The Morgan fingerprint density at radius 1 is 1.32 bits per heavy atom. The summed E-state index contributed by atoms with van der Waals surface area (Å²) in [6, 6.07) is -0.250. The summed E-state index contributed by atoms with van der Waals surface area (Å²) in [6.07, 6.45) is 3.61. The monoisotopic (exact) mass is 267 g/mol. The first-order chi connectivity index (χ1) is 9.20. The summed E-state index contributed by atoms with van der Waals surface area (Å²) in [7, 11) is 0. The van der Waals surface area contributed by atoms with Crippen molar-refractivity contribution in [3.05, 3.63) is 11.3 Å². The van der Waals surface area contributed by atoms with Crippen molar-refractivity contribution in [2.75, 3.05) is 32.8 Å². The lowest BCUT2D eigenvalue weighted by atomic mass is 10.1. The van der Waals surface area contributed by atoms with Crippen LogP contribution in [0.1, 0.15) is 26.2 Å². The minimum Gasteiger partial charge on any atom is -0.463 e. The lowest BCUT2D eigenvalue weighted by Crippen LogP contribution is -2.47. The molecule has 0 atom stereocenters. The van der Waals surface area contributed by atoms with Crippen LogP contribution in [0.4, 0.5) is 4.79 Å². The first-order valence-corrected chi connectivity index (χ1v) is 6.87. The number of piperidine rings is 1. The predicted octanol–water partition coefficient (Wildman–Crippen LogP) is 0.602. The van der Waals surface area contributed by atoms with Crippen molar-refractivity contribution in [3.8, 4) is 0 Å². The maximum atomic E-state index is 11.9. The summed E-state index contributed by atoms with van der Waals surface area (Å²) in [5.41, 5.74) is 1.22. The molecule has 106 valence electrons. The number of rotatable bonds is 4. The van der Waals surface area contributed by atoms with Crippen molar-refractivity contribution in [1.29, 1.82) is 0 Å². The number of amides is 2. The van der Waals surface area contributed by atoms with E-state index in [2.05, 4.69) is 15.5 Å². The molecular weight excluding hydrogens is 246 g/mol. The molecule has 2 N–H and O–H groups in total. The Kier molecular flexibility index (Phi) is 4.79. The van der Waals surface area contributed by atoms with Crippen molar-refractivity contribution in [2.24, 2.45) is 0 Å². The number of carbonyl (C=O) groups is 2. The zero-order valence-corrected chi connectivity index (χ0v) is 11.3. The topological polar surface area (TPSA) is 70.7 Å². The average molecular weight is 267 g/mol. The third-order valence-electron chi connectivity index (χ3n) is 3.41. The van der Waals surface area contributed by atoms with Crippen LogP contribution in [0, 0.1) is 0 Å². The van der Waals surface area contributed by atoms with Crippen LogP contribution in [-0.4, -0.2) is 49.7 Å². The molecule has 0 spiro atoms. The van der Waals surface area contributed by atoms with E-state index in [4.69, 9.17) is 4.74 Å². The van der Waals surface area contributed by atoms with E-state index in [1.165, 1.54) is 19.3 Å². The molecule has 0 bridgehead atoms. The molecule has 2 aliphatic heterocycles. The lowest BCUT2D eigenvalue weighted by Gasteiger charge is -2.30. The van der Waals surface area contributed by atoms with Gasteiger partial charge in [0.1, 0.15) is 0 Å². The smallest absolute Gasteiger partial charge is 0.337 e. The van der Waals surface area contributed by atoms with Gasteiger partial charge in [-0.05, 0) is 32.9 Å². The molecule has 0 aliphatic carbocycles. The van der Waals surface area contributed by atoms with E-state index in [0.717, 1.165) is 13.1 Å². The molecule has 6 heteroatoms. The van der Waals surface area contributed by atoms with Gasteiger partial charge in [0, 0.05) is 12.2 Å². The van der Waals surface area contributed by atoms with Gasteiger partial charge in [-0.15, -0.1) is 0 Å². The summed E-state index contributed by atoms with van der Waals surface area (Å²) in [4.78, 5) is 25.5. The lowest BCUT2D eigenvalue weighted by molar-refractivity contribution is -0.138. The van der Waals surface area contributed by atoms with Gasteiger partial charge in [-0.2, -0.15) is 0 Å². The van der Waals surface area contributed by atoms with Crippen LogP contribution in [0.2, 0.25) is 0 Å². The Morgan fingerprint density at radius 3 is 2.74 bits per heavy atom. The largest absolute Gasteiger partial charge is 0.463 e. The molecule has 6 nitrogen and oxygen atoms in total. The molecule has 0 aromatic rings. The van der Waals surface area contributed by atoms with Gasteiger partial charge >= 0.3 is 12.0 Å². The maximum Gasteiger partial charge on any atom is 0.337 e. The summed E-state index contributed by atoms with van der Waals surface area (Å²) in [5.74, 6) is -0.345. The zero-order valence-electron chi connectivity index (χ0n) is 11.3. The molecule has 1 fully saturated rings. The van der Waals surface area contributed by atoms with Gasteiger partial charge in [-0.1, -0.05) is 6.42 Å². The van der Waals surface area contributed by atoms with E-state index in [1.807, 2.05) is 0 Å². The second kappa shape index (κ2) is 6.56. The predicted molar refractivity (Wildman–Crippen MR) is 70.5 cm³/mol. The Balaban J connectivity index is 2.08. The third-order valence-corrected chi connectivity index (χ3v) is 3.41. The number of hydrogen-bond donors (Lipinski definition) is 2. The normalized spacial score (nSPS) is 20.8. The van der Waals surface area contributed by atoms with Gasteiger partial charge in [-0.25, -0.2) is 9.59 Å². The van der Waals surface area contributed by atoms with Crippen LogP contribution in [0.25, 0.3) is 0 Å². The molecule has 2 amide bonds. The summed E-state index contributed by atoms with van der Waals surface area (Å²) < 4.78 is 5.03. The van der Waals surface area contributed by atoms with Gasteiger partial charge < -0.3 is 15.4 Å². The quantitative estimate of drug-likeness (QED) is 0.732. The summed E-state index contributed by atoms with van der Waals surface area (Å²) in [5, 5.41) is 5.35. The standard InChI is InChI=1S/C13H21N3O3/c1-2-19-12(17)10-8-14-13(18)15-11(10)9-16-6-4-3-5-7-16/h2-9H2,1H3,(H2,14,15,18). The highest BCUT2D eigenvalue weighted by atomic mass is 16.5. The van der Waals surface area contributed by atoms with E-state index in [-0.39, 0.29) is 18.5 Å². The van der Waals surface area contributed by atoms with E-state index in [0.29, 0.717) is 24.4 Å². The van der Waals surface area contributed by atoms with Crippen LogP contribution in [0.5, 0.6) is 0 Å². The van der Waals surface area contributed by atoms with E-state index >= 15 is 0 Å². The number of carbonyl (C=O) groups excluding carboxylic acids is 2. The molecule has 0 saturated carbocycles. The third kappa shape index (κ3) is 3.70. The molecular formula is C13H21N3O3. The molecule has 2 aliphatic rings. The highest BCUT2D eigenvalue weighted by molar-refractivity contribution is 5.93. The average Bonchev–Trinajstić information content (AvgIpc) is 2.40. The number of nitrogens with zero attached hydrogens (tertiary/aromatic N) is 1. The highest BCUT2D eigenvalue weighted by Gasteiger charge is 2.25. The minimum atomic E-state index is -0.345. The molecule has 0 unspecified atom stereocenters. The van der Waals surface area contributed by atoms with Crippen molar-refractivity contribution < 1.29 is 14.3 Å². The zero-order chi connectivity index (χ0) is 13.7. The fraction of sp³-hybridized carbons (Fsp3) is 0.692. The van der Waals surface area contributed by atoms with E-state index in [9.17, 15) is 9.59 Å². The number of nitrogens with one attached hydrogen (secondary N) is 2. The molecule has 2 rings (SSSR count). The van der Waals surface area contributed by atoms with Gasteiger partial charge in [0.15, 0.2) is 0 Å². The van der Waals surface area contributed by atoms with Crippen molar-refractivity contribution >= 4 is 12.0 Å². The van der Waals surface area contributed by atoms with Crippen molar-refractivity contribution in [2.45, 2.75) is 26.2 Å². The number of urea groups is 1. The van der Waals surface area contributed by atoms with Gasteiger partial charge in [0.05, 0.1) is 18.7 Å². The molecule has 0 aromatic heterocycles. The molecule has 0 radical (unpaired) electrons. The number of esters is 1. The molecule has 19 heavy (non-hydrogen) atoms. The number of ether oxygens (including phenoxy) is 1.